The first-order valence-corrected chi connectivity index (χ1v) is 9.07. The molecule has 1 amide bonds. The van der Waals surface area contributed by atoms with Gasteiger partial charge in [-0.2, -0.15) is 0 Å². The average molecular weight is 332 g/mol. The van der Waals surface area contributed by atoms with Crippen LogP contribution in [-0.4, -0.2) is 32.5 Å². The van der Waals surface area contributed by atoms with Crippen LogP contribution < -0.4 is 5.32 Å². The van der Waals surface area contributed by atoms with Crippen molar-refractivity contribution in [2.75, 3.05) is 5.75 Å². The molecular formula is C17H24N4OS. The van der Waals surface area contributed by atoms with E-state index < -0.39 is 0 Å². The first-order valence-electron chi connectivity index (χ1n) is 8.08. The molecule has 5 nitrogen and oxygen atoms in total. The van der Waals surface area contributed by atoms with Crippen LogP contribution in [0.4, 0.5) is 0 Å². The van der Waals surface area contributed by atoms with Crippen LogP contribution in [-0.2, 0) is 4.79 Å². The van der Waals surface area contributed by atoms with Crippen LogP contribution in [0.5, 0.6) is 0 Å². The topological polar surface area (TPSA) is 59.8 Å². The summed E-state index contributed by atoms with van der Waals surface area (Å²) >= 11 is 1.40. The van der Waals surface area contributed by atoms with Crippen LogP contribution in [0.1, 0.15) is 39.5 Å². The highest BCUT2D eigenvalue weighted by Crippen LogP contribution is 2.19. The molecule has 23 heavy (non-hydrogen) atoms. The Hall–Kier alpha value is -1.82. The predicted molar refractivity (Wildman–Crippen MR) is 93.8 cm³/mol. The summed E-state index contributed by atoms with van der Waals surface area (Å²) in [6.45, 7) is 4.24. The second kappa shape index (κ2) is 9.35. The molecule has 1 N–H and O–H groups in total. The molecule has 1 atom stereocenters. The first-order chi connectivity index (χ1) is 11.2. The van der Waals surface area contributed by atoms with E-state index >= 15 is 0 Å². The van der Waals surface area contributed by atoms with E-state index in [2.05, 4.69) is 29.4 Å². The molecule has 0 bridgehead atoms. The zero-order valence-corrected chi connectivity index (χ0v) is 14.6. The zero-order chi connectivity index (χ0) is 16.5. The molecule has 0 spiro atoms. The molecule has 0 saturated heterocycles. The van der Waals surface area contributed by atoms with Gasteiger partial charge >= 0.3 is 0 Å². The highest BCUT2D eigenvalue weighted by atomic mass is 32.2. The number of carbonyl (C=O) groups excluding carboxylic acids is 1. The number of aromatic nitrogens is 3. The van der Waals surface area contributed by atoms with E-state index in [0.717, 1.165) is 23.7 Å². The van der Waals surface area contributed by atoms with Gasteiger partial charge < -0.3 is 5.32 Å². The number of benzene rings is 1. The van der Waals surface area contributed by atoms with Crippen LogP contribution in [0, 0.1) is 0 Å². The lowest BCUT2D eigenvalue weighted by atomic mass is 10.1. The Morgan fingerprint density at radius 2 is 2.09 bits per heavy atom. The van der Waals surface area contributed by atoms with Gasteiger partial charge in [0.25, 0.3) is 0 Å². The van der Waals surface area contributed by atoms with Gasteiger partial charge in [-0.1, -0.05) is 56.1 Å². The normalized spacial score (nSPS) is 12.1. The molecule has 1 unspecified atom stereocenters. The minimum absolute atomic E-state index is 0.0432. The molecule has 0 saturated carbocycles. The van der Waals surface area contributed by atoms with E-state index in [-0.39, 0.29) is 11.9 Å². The van der Waals surface area contributed by atoms with Crippen molar-refractivity contribution in [1.29, 1.82) is 0 Å². The minimum atomic E-state index is 0.0432. The minimum Gasteiger partial charge on any atom is -0.353 e. The van der Waals surface area contributed by atoms with Gasteiger partial charge in [0.2, 0.25) is 5.91 Å². The van der Waals surface area contributed by atoms with Crippen LogP contribution in [0.15, 0.2) is 41.8 Å². The second-order valence-electron chi connectivity index (χ2n) is 5.57. The third-order valence-electron chi connectivity index (χ3n) is 3.53. The monoisotopic (exact) mass is 332 g/mol. The molecule has 0 aliphatic heterocycles. The lowest BCUT2D eigenvalue weighted by Crippen LogP contribution is -2.33. The summed E-state index contributed by atoms with van der Waals surface area (Å²) in [5, 5.41) is 11.8. The van der Waals surface area contributed by atoms with Gasteiger partial charge in [-0.05, 0) is 25.5 Å². The van der Waals surface area contributed by atoms with Crippen LogP contribution in [0.25, 0.3) is 5.69 Å². The number of nitrogens with one attached hydrogen (secondary N) is 1. The molecule has 0 radical (unpaired) electrons. The summed E-state index contributed by atoms with van der Waals surface area (Å²) in [6, 6.07) is 10.1. The van der Waals surface area contributed by atoms with Crippen molar-refractivity contribution in [3.8, 4) is 5.69 Å². The molecule has 2 aromatic rings. The molecule has 1 aromatic heterocycles. The number of amides is 1. The maximum atomic E-state index is 12.0. The summed E-state index contributed by atoms with van der Waals surface area (Å²) in [7, 11) is 0. The third-order valence-corrected chi connectivity index (χ3v) is 4.47. The van der Waals surface area contributed by atoms with Crippen molar-refractivity contribution in [2.24, 2.45) is 0 Å². The molecule has 0 aliphatic rings. The van der Waals surface area contributed by atoms with E-state index in [4.69, 9.17) is 0 Å². The van der Waals surface area contributed by atoms with Crippen LogP contribution >= 0.6 is 11.8 Å². The Balaban J connectivity index is 1.82. The standard InChI is InChI=1S/C17H24N4OS/c1-3-4-6-9-14(2)19-16(22)12-23-17-20-18-13-21(17)15-10-7-5-8-11-15/h5,7-8,10-11,13-14H,3-4,6,9,12H2,1-2H3,(H,19,22). The maximum absolute atomic E-state index is 12.0. The Bertz CT molecular complexity index is 600. The molecule has 0 aliphatic carbocycles. The van der Waals surface area contributed by atoms with Gasteiger partial charge in [0, 0.05) is 11.7 Å². The fourth-order valence-corrected chi connectivity index (χ4v) is 3.05. The van der Waals surface area contributed by atoms with Crippen molar-refractivity contribution in [3.05, 3.63) is 36.7 Å². The van der Waals surface area contributed by atoms with E-state index in [9.17, 15) is 4.79 Å². The van der Waals surface area contributed by atoms with Crippen molar-refractivity contribution < 1.29 is 4.79 Å². The fraction of sp³-hybridized carbons (Fsp3) is 0.471. The van der Waals surface area contributed by atoms with Crippen molar-refractivity contribution >= 4 is 17.7 Å². The smallest absolute Gasteiger partial charge is 0.230 e. The van der Waals surface area contributed by atoms with E-state index in [1.54, 1.807) is 6.33 Å². The quantitative estimate of drug-likeness (QED) is 0.564. The SMILES string of the molecule is CCCCCC(C)NC(=O)CSc1nncn1-c1ccccc1. The van der Waals surface area contributed by atoms with Crippen molar-refractivity contribution in [1.82, 2.24) is 20.1 Å². The van der Waals surface area contributed by atoms with E-state index in [1.165, 1.54) is 24.6 Å². The number of unbranched alkanes of at least 4 members (excludes halogenated alkanes) is 2. The summed E-state index contributed by atoms with van der Waals surface area (Å²) in [5.41, 5.74) is 0.994. The summed E-state index contributed by atoms with van der Waals surface area (Å²) in [4.78, 5) is 12.0. The summed E-state index contributed by atoms with van der Waals surface area (Å²) < 4.78 is 1.89. The van der Waals surface area contributed by atoms with Gasteiger partial charge in [0.05, 0.1) is 5.75 Å². The number of rotatable bonds is 9. The molecule has 1 heterocycles. The number of hydrogen-bond acceptors (Lipinski definition) is 4. The van der Waals surface area contributed by atoms with Crippen LogP contribution in [0.2, 0.25) is 0 Å². The second-order valence-corrected chi connectivity index (χ2v) is 6.51. The van der Waals surface area contributed by atoms with E-state index in [0.29, 0.717) is 5.75 Å². The number of carbonyl (C=O) groups is 1. The van der Waals surface area contributed by atoms with Gasteiger partial charge in [-0.15, -0.1) is 10.2 Å². The fourth-order valence-electron chi connectivity index (χ4n) is 2.31. The largest absolute Gasteiger partial charge is 0.353 e. The highest BCUT2D eigenvalue weighted by molar-refractivity contribution is 7.99. The number of hydrogen-bond donors (Lipinski definition) is 1. The Morgan fingerprint density at radius 3 is 2.83 bits per heavy atom. The first kappa shape index (κ1) is 17.5. The Kier molecular flexibility index (Phi) is 7.13. The molecule has 124 valence electrons. The average Bonchev–Trinajstić information content (AvgIpc) is 3.02. The predicted octanol–water partition coefficient (Wildman–Crippen LogP) is 3.44. The zero-order valence-electron chi connectivity index (χ0n) is 13.7. The van der Waals surface area contributed by atoms with Gasteiger partial charge in [-0.25, -0.2) is 0 Å². The molecule has 1 aromatic carbocycles. The summed E-state index contributed by atoms with van der Waals surface area (Å²) in [6.07, 6.45) is 6.28. The van der Waals surface area contributed by atoms with Crippen molar-refractivity contribution in [3.63, 3.8) is 0 Å². The lowest BCUT2D eigenvalue weighted by molar-refractivity contribution is -0.119. The molecule has 0 fully saturated rings. The van der Waals surface area contributed by atoms with Crippen molar-refractivity contribution in [2.45, 2.75) is 50.7 Å². The van der Waals surface area contributed by atoms with E-state index in [1.807, 2.05) is 34.9 Å². The Morgan fingerprint density at radius 1 is 1.30 bits per heavy atom. The van der Waals surface area contributed by atoms with Crippen LogP contribution in [0.3, 0.4) is 0 Å². The molecular weight excluding hydrogens is 308 g/mol. The lowest BCUT2D eigenvalue weighted by Gasteiger charge is -2.13. The van der Waals surface area contributed by atoms with Gasteiger partial charge in [0.15, 0.2) is 5.16 Å². The maximum Gasteiger partial charge on any atom is 0.230 e. The molecule has 2 rings (SSSR count). The highest BCUT2D eigenvalue weighted by Gasteiger charge is 2.11. The molecule has 6 heteroatoms. The van der Waals surface area contributed by atoms with Gasteiger partial charge in [-0.3, -0.25) is 9.36 Å². The number of thioether (sulfide) groups is 1. The Labute approximate surface area is 141 Å². The third kappa shape index (κ3) is 5.71. The number of para-hydroxylation sites is 1. The summed E-state index contributed by atoms with van der Waals surface area (Å²) in [5.74, 6) is 0.394. The number of nitrogens with zero attached hydrogens (tertiary/aromatic N) is 3. The van der Waals surface area contributed by atoms with Gasteiger partial charge in [0.1, 0.15) is 6.33 Å².